The standard InChI is InChI=1S/C30H30O7/c1-17-9-27(37-28-16-34-15-25(28)31)23-7-8-24(23)30(17)19-4-2-3-18(10-19)13-35-21-5-6-22-20(11-29(32)33)14-36-26(22)12-21/h2-6,9-10,12,20,25,28,31H,7-8,11,13-16H2,1H3,(H,32,33)/t20-,25+,28+/m1/s1. The number of hydrogen-bond donors (Lipinski definition) is 2. The summed E-state index contributed by atoms with van der Waals surface area (Å²) in [6, 6.07) is 16.1. The number of carboxylic acids is 1. The molecule has 7 nitrogen and oxygen atoms in total. The summed E-state index contributed by atoms with van der Waals surface area (Å²) in [6.07, 6.45) is 1.13. The molecule has 3 aliphatic rings. The molecular formula is C30H30O7. The van der Waals surface area contributed by atoms with Crippen LogP contribution in [0.3, 0.4) is 0 Å². The van der Waals surface area contributed by atoms with E-state index < -0.39 is 12.1 Å². The minimum Gasteiger partial charge on any atom is -0.492 e. The van der Waals surface area contributed by atoms with Gasteiger partial charge in [-0.2, -0.15) is 0 Å². The Morgan fingerprint density at radius 1 is 1.05 bits per heavy atom. The van der Waals surface area contributed by atoms with E-state index in [0.717, 1.165) is 40.8 Å². The molecule has 0 unspecified atom stereocenters. The summed E-state index contributed by atoms with van der Waals surface area (Å²) in [5, 5.41) is 19.2. The first-order valence-electron chi connectivity index (χ1n) is 12.7. The Balaban J connectivity index is 1.18. The molecule has 0 amide bonds. The largest absolute Gasteiger partial charge is 0.492 e. The van der Waals surface area contributed by atoms with Gasteiger partial charge in [0.1, 0.15) is 36.1 Å². The smallest absolute Gasteiger partial charge is 0.304 e. The third-order valence-corrected chi connectivity index (χ3v) is 7.52. The van der Waals surface area contributed by atoms with Crippen LogP contribution in [0.4, 0.5) is 0 Å². The first-order chi connectivity index (χ1) is 18.0. The number of carboxylic acid groups (broad SMARTS) is 1. The van der Waals surface area contributed by atoms with E-state index in [1.54, 1.807) is 0 Å². The highest BCUT2D eigenvalue weighted by molar-refractivity contribution is 5.76. The van der Waals surface area contributed by atoms with Crippen LogP contribution >= 0.6 is 0 Å². The molecule has 2 aliphatic heterocycles. The van der Waals surface area contributed by atoms with Gasteiger partial charge in [-0.1, -0.05) is 24.3 Å². The third kappa shape index (κ3) is 4.65. The van der Waals surface area contributed by atoms with Gasteiger partial charge in [-0.25, -0.2) is 0 Å². The van der Waals surface area contributed by atoms with Gasteiger partial charge in [0.05, 0.1) is 26.2 Å². The van der Waals surface area contributed by atoms with Gasteiger partial charge in [0.15, 0.2) is 0 Å². The van der Waals surface area contributed by atoms with Crippen LogP contribution in [-0.4, -0.2) is 48.2 Å². The fourth-order valence-electron chi connectivity index (χ4n) is 5.53. The molecule has 3 atom stereocenters. The molecule has 0 saturated carbocycles. The number of aliphatic hydroxyl groups is 1. The summed E-state index contributed by atoms with van der Waals surface area (Å²) in [6.45, 7) is 3.64. The lowest BCUT2D eigenvalue weighted by atomic mass is 9.79. The molecule has 2 heterocycles. The van der Waals surface area contributed by atoms with Crippen LogP contribution in [0.2, 0.25) is 0 Å². The molecule has 0 spiro atoms. The van der Waals surface area contributed by atoms with Crippen molar-refractivity contribution in [1.82, 2.24) is 0 Å². The van der Waals surface area contributed by atoms with E-state index in [-0.39, 0.29) is 18.4 Å². The van der Waals surface area contributed by atoms with Gasteiger partial charge in [-0.05, 0) is 71.3 Å². The van der Waals surface area contributed by atoms with Gasteiger partial charge in [-0.3, -0.25) is 4.79 Å². The van der Waals surface area contributed by atoms with Gasteiger partial charge in [0, 0.05) is 17.5 Å². The Hall–Kier alpha value is -3.55. The van der Waals surface area contributed by atoms with Crippen LogP contribution < -0.4 is 14.2 Å². The first-order valence-corrected chi connectivity index (χ1v) is 12.7. The molecule has 3 aromatic carbocycles. The second-order valence-corrected chi connectivity index (χ2v) is 10.1. The highest BCUT2D eigenvalue weighted by Crippen LogP contribution is 2.43. The number of benzene rings is 3. The van der Waals surface area contributed by atoms with E-state index in [0.29, 0.717) is 37.9 Å². The predicted molar refractivity (Wildman–Crippen MR) is 137 cm³/mol. The Bertz CT molecular complexity index is 1350. The quantitative estimate of drug-likeness (QED) is 0.471. The SMILES string of the molecule is Cc1cc(O[C@H]2COC[C@@H]2O)c2c(c1-c1cccc(COc3ccc4c(c3)OC[C@H]4CC(=O)O)c1)CC2. The molecule has 0 aromatic heterocycles. The Morgan fingerprint density at radius 2 is 1.92 bits per heavy atom. The molecule has 3 aromatic rings. The molecule has 192 valence electrons. The van der Waals surface area contributed by atoms with Crippen molar-refractivity contribution in [3.8, 4) is 28.4 Å². The zero-order valence-corrected chi connectivity index (χ0v) is 20.7. The van der Waals surface area contributed by atoms with Gasteiger partial charge < -0.3 is 29.2 Å². The van der Waals surface area contributed by atoms with E-state index in [2.05, 4.69) is 37.3 Å². The molecule has 1 saturated heterocycles. The van der Waals surface area contributed by atoms with Crippen molar-refractivity contribution in [1.29, 1.82) is 0 Å². The minimum atomic E-state index is -0.823. The summed E-state index contributed by atoms with van der Waals surface area (Å²) in [4.78, 5) is 11.1. The van der Waals surface area contributed by atoms with Crippen molar-refractivity contribution in [3.63, 3.8) is 0 Å². The van der Waals surface area contributed by atoms with Crippen LogP contribution in [-0.2, 0) is 29.0 Å². The van der Waals surface area contributed by atoms with Gasteiger partial charge in [0.2, 0.25) is 0 Å². The van der Waals surface area contributed by atoms with Gasteiger partial charge in [-0.15, -0.1) is 0 Å². The monoisotopic (exact) mass is 502 g/mol. The number of carbonyl (C=O) groups is 1. The van der Waals surface area contributed by atoms with Crippen LogP contribution in [0, 0.1) is 6.92 Å². The van der Waals surface area contributed by atoms with E-state index in [1.165, 1.54) is 16.7 Å². The van der Waals surface area contributed by atoms with Crippen LogP contribution in [0.25, 0.3) is 11.1 Å². The zero-order chi connectivity index (χ0) is 25.5. The van der Waals surface area contributed by atoms with E-state index in [1.807, 2.05) is 18.2 Å². The molecule has 6 rings (SSSR count). The number of aliphatic hydroxyl groups excluding tert-OH is 1. The van der Waals surface area contributed by atoms with Crippen LogP contribution in [0.5, 0.6) is 17.2 Å². The Kier molecular flexibility index (Phi) is 6.26. The number of aryl methyl sites for hydroxylation is 1. The maximum Gasteiger partial charge on any atom is 0.304 e. The highest BCUT2D eigenvalue weighted by Gasteiger charge is 2.31. The average molecular weight is 503 g/mol. The second kappa shape index (κ2) is 9.72. The lowest BCUT2D eigenvalue weighted by Crippen LogP contribution is -2.31. The van der Waals surface area contributed by atoms with Crippen molar-refractivity contribution in [3.05, 3.63) is 76.3 Å². The maximum atomic E-state index is 11.1. The van der Waals surface area contributed by atoms with Crippen LogP contribution in [0.15, 0.2) is 48.5 Å². The summed E-state index contributed by atoms with van der Waals surface area (Å²) >= 11 is 0. The summed E-state index contributed by atoms with van der Waals surface area (Å²) in [7, 11) is 0. The van der Waals surface area contributed by atoms with Crippen molar-refractivity contribution in [2.24, 2.45) is 0 Å². The third-order valence-electron chi connectivity index (χ3n) is 7.52. The summed E-state index contributed by atoms with van der Waals surface area (Å²) in [5.74, 6) is 1.32. The second-order valence-electron chi connectivity index (χ2n) is 10.1. The number of aliphatic carboxylic acids is 1. The van der Waals surface area contributed by atoms with Crippen LogP contribution in [0.1, 0.15) is 40.2 Å². The Morgan fingerprint density at radius 3 is 2.68 bits per heavy atom. The normalized spacial score (nSPS) is 21.5. The predicted octanol–water partition coefficient (Wildman–Crippen LogP) is 4.43. The average Bonchev–Trinajstić information content (AvgIpc) is 3.44. The highest BCUT2D eigenvalue weighted by atomic mass is 16.6. The molecule has 1 fully saturated rings. The van der Waals surface area contributed by atoms with Crippen molar-refractivity contribution >= 4 is 5.97 Å². The number of hydrogen-bond acceptors (Lipinski definition) is 6. The lowest BCUT2D eigenvalue weighted by Gasteiger charge is -2.29. The topological polar surface area (TPSA) is 94.5 Å². The fourth-order valence-corrected chi connectivity index (χ4v) is 5.53. The molecule has 0 radical (unpaired) electrons. The van der Waals surface area contributed by atoms with Gasteiger partial charge in [0.25, 0.3) is 0 Å². The summed E-state index contributed by atoms with van der Waals surface area (Å²) < 4.78 is 23.3. The molecule has 37 heavy (non-hydrogen) atoms. The van der Waals surface area contributed by atoms with E-state index in [4.69, 9.17) is 24.1 Å². The molecule has 0 bridgehead atoms. The molecular weight excluding hydrogens is 472 g/mol. The van der Waals surface area contributed by atoms with Crippen molar-refractivity contribution < 1.29 is 34.0 Å². The fraction of sp³-hybridized carbons (Fsp3) is 0.367. The number of ether oxygens (including phenoxy) is 4. The Labute approximate surface area is 215 Å². The zero-order valence-electron chi connectivity index (χ0n) is 20.7. The van der Waals surface area contributed by atoms with Crippen molar-refractivity contribution in [2.45, 2.75) is 50.9 Å². The number of rotatable bonds is 8. The van der Waals surface area contributed by atoms with E-state index in [9.17, 15) is 9.90 Å². The van der Waals surface area contributed by atoms with E-state index >= 15 is 0 Å². The summed E-state index contributed by atoms with van der Waals surface area (Å²) in [5.41, 5.74) is 8.06. The van der Waals surface area contributed by atoms with Gasteiger partial charge >= 0.3 is 5.97 Å². The number of fused-ring (bicyclic) bond motifs is 2. The first kappa shape index (κ1) is 23.8. The maximum absolute atomic E-state index is 11.1. The molecule has 7 heteroatoms. The molecule has 1 aliphatic carbocycles. The lowest BCUT2D eigenvalue weighted by molar-refractivity contribution is -0.137. The van der Waals surface area contributed by atoms with Crippen molar-refractivity contribution in [2.75, 3.05) is 19.8 Å². The molecule has 2 N–H and O–H groups in total. The minimum absolute atomic E-state index is 0.0627.